The maximum Gasteiger partial charge on any atom is 0.334 e. The van der Waals surface area contributed by atoms with Crippen LogP contribution in [0.2, 0.25) is 0 Å². The van der Waals surface area contributed by atoms with E-state index in [1.54, 1.807) is 34.0 Å². The number of hydrazine groups is 1. The zero-order valence-corrected chi connectivity index (χ0v) is 24.4. The summed E-state index contributed by atoms with van der Waals surface area (Å²) in [4.78, 5) is 44.9. The summed E-state index contributed by atoms with van der Waals surface area (Å²) < 4.78 is 13.4. The zero-order valence-electron chi connectivity index (χ0n) is 24.4. The van der Waals surface area contributed by atoms with Gasteiger partial charge in [0.1, 0.15) is 18.0 Å². The van der Waals surface area contributed by atoms with Crippen LogP contribution in [0.4, 0.5) is 9.18 Å². The molecule has 2 aliphatic heterocycles. The van der Waals surface area contributed by atoms with E-state index in [1.165, 1.54) is 17.1 Å². The van der Waals surface area contributed by atoms with Crippen LogP contribution in [-0.4, -0.2) is 70.5 Å². The van der Waals surface area contributed by atoms with Crippen LogP contribution in [0.15, 0.2) is 109 Å². The molecule has 1 N–H and O–H groups in total. The number of carbonyl (C=O) groups excluding carboxylic acids is 3. The first-order valence-corrected chi connectivity index (χ1v) is 14.3. The molecule has 0 aliphatic carbocycles. The van der Waals surface area contributed by atoms with Crippen LogP contribution in [0.1, 0.15) is 35.6 Å². The lowest BCUT2D eigenvalue weighted by atomic mass is 9.89. The number of allylic oxidation sites excluding steroid dienone is 2. The Morgan fingerprint density at radius 2 is 1.67 bits per heavy atom. The van der Waals surface area contributed by atoms with Gasteiger partial charge in [-0.1, -0.05) is 91.5 Å². The average Bonchev–Trinajstić information content (AvgIpc) is 3.01. The van der Waals surface area contributed by atoms with Gasteiger partial charge in [0, 0.05) is 26.1 Å². The Hall–Kier alpha value is -4.76. The maximum atomic E-state index is 14.3. The number of urea groups is 1. The van der Waals surface area contributed by atoms with Crippen molar-refractivity contribution in [1.29, 1.82) is 0 Å². The SMILES string of the molecule is C=C(/C=C\C)C(CN1C[C@H]2N(C(=O)CN(C)N2C(=O)NCc2ccc(F)cc2)[C@@H](c2ccccc2)C1=O)c1ccccc1. The summed E-state index contributed by atoms with van der Waals surface area (Å²) in [6.07, 6.45) is 3.11. The number of piperazine rings is 1. The third kappa shape index (κ3) is 6.36. The lowest BCUT2D eigenvalue weighted by Crippen LogP contribution is -2.74. The summed E-state index contributed by atoms with van der Waals surface area (Å²) in [5, 5.41) is 6.01. The van der Waals surface area contributed by atoms with Crippen LogP contribution in [0.3, 0.4) is 0 Å². The van der Waals surface area contributed by atoms with E-state index in [-0.39, 0.29) is 43.2 Å². The highest BCUT2D eigenvalue weighted by Gasteiger charge is 2.51. The second-order valence-electron chi connectivity index (χ2n) is 10.8. The van der Waals surface area contributed by atoms with E-state index in [4.69, 9.17) is 0 Å². The van der Waals surface area contributed by atoms with Crippen LogP contribution in [0.25, 0.3) is 0 Å². The number of carbonyl (C=O) groups is 3. The second-order valence-corrected chi connectivity index (χ2v) is 10.8. The minimum atomic E-state index is -0.903. The molecule has 3 aromatic carbocycles. The quantitative estimate of drug-likeness (QED) is 0.386. The normalized spacial score (nSPS) is 19.8. The molecule has 1 unspecified atom stereocenters. The Balaban J connectivity index is 1.50. The Morgan fingerprint density at radius 1 is 1.02 bits per heavy atom. The monoisotopic (exact) mass is 581 g/mol. The van der Waals surface area contributed by atoms with Crippen molar-refractivity contribution in [3.63, 3.8) is 0 Å². The van der Waals surface area contributed by atoms with Crippen molar-refractivity contribution >= 4 is 17.8 Å². The van der Waals surface area contributed by atoms with E-state index in [1.807, 2.05) is 79.7 Å². The molecule has 0 bridgehead atoms. The number of hydrogen-bond acceptors (Lipinski definition) is 4. The molecule has 3 aromatic rings. The van der Waals surface area contributed by atoms with E-state index in [0.717, 1.165) is 16.7 Å². The first kappa shape index (κ1) is 29.7. The highest BCUT2D eigenvalue weighted by atomic mass is 19.1. The number of nitrogens with zero attached hydrogens (tertiary/aromatic N) is 4. The van der Waals surface area contributed by atoms with E-state index >= 15 is 0 Å². The molecule has 0 aromatic heterocycles. The van der Waals surface area contributed by atoms with Crippen LogP contribution in [-0.2, 0) is 16.1 Å². The van der Waals surface area contributed by atoms with Gasteiger partial charge in [0.2, 0.25) is 11.8 Å². The molecule has 8 nitrogen and oxygen atoms in total. The Bertz CT molecular complexity index is 1500. The number of rotatable bonds is 8. The van der Waals surface area contributed by atoms with Crippen LogP contribution >= 0.6 is 0 Å². The summed E-state index contributed by atoms with van der Waals surface area (Å²) in [6.45, 7) is 6.77. The fraction of sp³-hybridized carbons (Fsp3) is 0.265. The van der Waals surface area contributed by atoms with Crippen LogP contribution in [0, 0.1) is 5.82 Å². The molecule has 9 heteroatoms. The van der Waals surface area contributed by atoms with Gasteiger partial charge in [0.25, 0.3) is 0 Å². The van der Waals surface area contributed by atoms with Gasteiger partial charge < -0.3 is 15.1 Å². The van der Waals surface area contributed by atoms with Gasteiger partial charge in [-0.3, -0.25) is 9.59 Å². The number of fused-ring (bicyclic) bond motifs is 1. The van der Waals surface area contributed by atoms with Gasteiger partial charge in [-0.2, -0.15) is 0 Å². The summed E-state index contributed by atoms with van der Waals surface area (Å²) in [6, 6.07) is 23.7. The molecule has 0 saturated carbocycles. The van der Waals surface area contributed by atoms with Crippen molar-refractivity contribution in [3.05, 3.63) is 132 Å². The van der Waals surface area contributed by atoms with Gasteiger partial charge in [-0.25, -0.2) is 19.2 Å². The van der Waals surface area contributed by atoms with Crippen LogP contribution < -0.4 is 5.32 Å². The van der Waals surface area contributed by atoms with E-state index in [0.29, 0.717) is 12.1 Å². The van der Waals surface area contributed by atoms with Gasteiger partial charge >= 0.3 is 6.03 Å². The molecular weight excluding hydrogens is 545 g/mol. The predicted molar refractivity (Wildman–Crippen MR) is 163 cm³/mol. The first-order valence-electron chi connectivity index (χ1n) is 14.3. The molecule has 2 saturated heterocycles. The minimum Gasteiger partial charge on any atom is -0.336 e. The molecule has 2 heterocycles. The molecule has 2 fully saturated rings. The highest BCUT2D eigenvalue weighted by Crippen LogP contribution is 2.36. The van der Waals surface area contributed by atoms with E-state index < -0.39 is 18.2 Å². The molecule has 2 aliphatic rings. The fourth-order valence-electron chi connectivity index (χ4n) is 5.85. The molecule has 43 heavy (non-hydrogen) atoms. The molecule has 3 atom stereocenters. The predicted octanol–water partition coefficient (Wildman–Crippen LogP) is 4.85. The maximum absolute atomic E-state index is 14.3. The van der Waals surface area contributed by atoms with Gasteiger partial charge in [-0.05, 0) is 41.3 Å². The summed E-state index contributed by atoms with van der Waals surface area (Å²) in [5.41, 5.74) is 3.28. The fourth-order valence-corrected chi connectivity index (χ4v) is 5.85. The summed E-state index contributed by atoms with van der Waals surface area (Å²) in [7, 11) is 1.69. The Labute approximate surface area is 251 Å². The second kappa shape index (κ2) is 13.0. The van der Waals surface area contributed by atoms with Gasteiger partial charge in [0.15, 0.2) is 0 Å². The van der Waals surface area contributed by atoms with Crippen molar-refractivity contribution in [2.75, 3.05) is 26.7 Å². The van der Waals surface area contributed by atoms with Crippen LogP contribution in [0.5, 0.6) is 0 Å². The highest BCUT2D eigenvalue weighted by molar-refractivity contribution is 5.92. The van der Waals surface area contributed by atoms with Crippen molar-refractivity contribution in [2.45, 2.75) is 31.6 Å². The lowest BCUT2D eigenvalue weighted by Gasteiger charge is -2.54. The molecule has 222 valence electrons. The Morgan fingerprint density at radius 3 is 2.33 bits per heavy atom. The third-order valence-corrected chi connectivity index (χ3v) is 7.94. The third-order valence-electron chi connectivity index (χ3n) is 7.94. The van der Waals surface area contributed by atoms with Crippen molar-refractivity contribution in [2.24, 2.45) is 0 Å². The van der Waals surface area contributed by atoms with E-state index in [9.17, 15) is 18.8 Å². The molecule has 0 radical (unpaired) electrons. The largest absolute Gasteiger partial charge is 0.336 e. The summed E-state index contributed by atoms with van der Waals surface area (Å²) >= 11 is 0. The number of nitrogens with one attached hydrogen (secondary N) is 1. The number of benzene rings is 3. The Kier molecular flexibility index (Phi) is 9.01. The topological polar surface area (TPSA) is 76.2 Å². The molecule has 5 rings (SSSR count). The van der Waals surface area contributed by atoms with Crippen molar-refractivity contribution in [1.82, 2.24) is 25.1 Å². The minimum absolute atomic E-state index is 0.0676. The molecule has 4 amide bonds. The standard InChI is InChI=1S/C34H36FN5O3/c1-4-11-24(2)29(26-12-7-5-8-13-26)21-38-22-30-39(32(33(38)42)27-14-9-6-10-15-27)31(41)23-37(3)40(30)34(43)36-20-25-16-18-28(35)19-17-25/h4-19,29-30,32H,2,20-23H2,1,3H3,(H,36,43)/b11-4-/t29?,30-,32-/m0/s1. The smallest absolute Gasteiger partial charge is 0.334 e. The lowest BCUT2D eigenvalue weighted by molar-refractivity contribution is -0.187. The number of halogens is 1. The number of hydrogen-bond donors (Lipinski definition) is 1. The van der Waals surface area contributed by atoms with Crippen molar-refractivity contribution < 1.29 is 18.8 Å². The zero-order chi connectivity index (χ0) is 30.5. The van der Waals surface area contributed by atoms with Gasteiger partial charge in [0.05, 0.1) is 13.1 Å². The first-order chi connectivity index (χ1) is 20.8. The van der Waals surface area contributed by atoms with Gasteiger partial charge in [-0.15, -0.1) is 0 Å². The molecular formula is C34H36FN5O3. The summed E-state index contributed by atoms with van der Waals surface area (Å²) in [5.74, 6) is -0.997. The number of amides is 4. The van der Waals surface area contributed by atoms with E-state index in [2.05, 4.69) is 11.9 Å². The average molecular weight is 582 g/mol. The number of likely N-dealkylation sites (N-methyl/N-ethyl adjacent to an activating group) is 1. The molecule has 0 spiro atoms. The van der Waals surface area contributed by atoms with Crippen molar-refractivity contribution in [3.8, 4) is 0 Å².